The lowest BCUT2D eigenvalue weighted by molar-refractivity contribution is 0.545. The van der Waals surface area contributed by atoms with Crippen molar-refractivity contribution in [2.45, 2.75) is 30.8 Å². The van der Waals surface area contributed by atoms with E-state index in [0.717, 1.165) is 24.4 Å². The Hall–Kier alpha value is -1.30. The molecule has 2 rings (SSSR count). The van der Waals surface area contributed by atoms with Gasteiger partial charge < -0.3 is 4.57 Å². The molecule has 2 aromatic rings. The average molecular weight is 276 g/mol. The highest BCUT2D eigenvalue weighted by Gasteiger charge is 2.17. The predicted molar refractivity (Wildman–Crippen MR) is 79.9 cm³/mol. The maximum atomic E-state index is 5.72. The van der Waals surface area contributed by atoms with Crippen molar-refractivity contribution in [2.75, 3.05) is 6.26 Å². The standard InChI is InChI=1S/C14H20N4S/c1-3-9-18-10-8-16-14(18)13(17-15)11-4-6-12(19-2)7-5-11/h4-8,10,13,17H,3,9,15H2,1-2H3. The number of imidazole rings is 1. The Labute approximate surface area is 118 Å². The summed E-state index contributed by atoms with van der Waals surface area (Å²) in [6.07, 6.45) is 6.97. The monoisotopic (exact) mass is 276 g/mol. The van der Waals surface area contributed by atoms with Gasteiger partial charge in [0.15, 0.2) is 0 Å². The van der Waals surface area contributed by atoms with Crippen molar-refractivity contribution >= 4 is 11.8 Å². The molecule has 3 N–H and O–H groups in total. The number of hydrogen-bond acceptors (Lipinski definition) is 4. The Morgan fingerprint density at radius 1 is 1.37 bits per heavy atom. The van der Waals surface area contributed by atoms with Crippen LogP contribution >= 0.6 is 11.8 Å². The van der Waals surface area contributed by atoms with Crippen LogP contribution in [0.15, 0.2) is 41.6 Å². The molecule has 1 atom stereocenters. The summed E-state index contributed by atoms with van der Waals surface area (Å²) >= 11 is 1.73. The molecule has 0 saturated heterocycles. The van der Waals surface area contributed by atoms with Crippen LogP contribution in [-0.4, -0.2) is 15.8 Å². The third kappa shape index (κ3) is 3.18. The fourth-order valence-electron chi connectivity index (χ4n) is 2.13. The summed E-state index contributed by atoms with van der Waals surface area (Å²) < 4.78 is 2.15. The molecule has 0 bridgehead atoms. The number of nitrogens with two attached hydrogens (primary N) is 1. The molecule has 0 spiro atoms. The number of rotatable bonds is 6. The molecule has 1 heterocycles. The second-order valence-corrected chi connectivity index (χ2v) is 5.23. The summed E-state index contributed by atoms with van der Waals surface area (Å²) in [6.45, 7) is 3.11. The SMILES string of the molecule is CCCn1ccnc1C(NN)c1ccc(SC)cc1. The number of aryl methyl sites for hydroxylation is 1. The lowest BCUT2D eigenvalue weighted by atomic mass is 10.1. The zero-order chi connectivity index (χ0) is 13.7. The van der Waals surface area contributed by atoms with Crippen LogP contribution in [0.2, 0.25) is 0 Å². The minimum Gasteiger partial charge on any atom is -0.333 e. The summed E-state index contributed by atoms with van der Waals surface area (Å²) in [6, 6.07) is 8.34. The van der Waals surface area contributed by atoms with E-state index in [1.807, 2.05) is 12.4 Å². The Morgan fingerprint density at radius 2 is 2.11 bits per heavy atom. The molecule has 0 radical (unpaired) electrons. The van der Waals surface area contributed by atoms with E-state index in [-0.39, 0.29) is 6.04 Å². The second kappa shape index (κ2) is 6.75. The minimum absolute atomic E-state index is 0.0718. The number of benzene rings is 1. The van der Waals surface area contributed by atoms with Gasteiger partial charge in [-0.2, -0.15) is 0 Å². The molecule has 1 aromatic carbocycles. The fraction of sp³-hybridized carbons (Fsp3) is 0.357. The summed E-state index contributed by atoms with van der Waals surface area (Å²) in [7, 11) is 0. The first-order chi connectivity index (χ1) is 9.30. The molecule has 19 heavy (non-hydrogen) atoms. The zero-order valence-corrected chi connectivity index (χ0v) is 12.2. The summed E-state index contributed by atoms with van der Waals surface area (Å²) in [5, 5.41) is 0. The molecule has 1 unspecified atom stereocenters. The fourth-order valence-corrected chi connectivity index (χ4v) is 2.54. The smallest absolute Gasteiger partial charge is 0.131 e. The van der Waals surface area contributed by atoms with Crippen LogP contribution in [0.5, 0.6) is 0 Å². The minimum atomic E-state index is -0.0718. The Morgan fingerprint density at radius 3 is 2.68 bits per heavy atom. The summed E-state index contributed by atoms with van der Waals surface area (Å²) in [5.74, 6) is 6.68. The van der Waals surface area contributed by atoms with E-state index in [4.69, 9.17) is 5.84 Å². The topological polar surface area (TPSA) is 55.9 Å². The van der Waals surface area contributed by atoms with E-state index in [0.29, 0.717) is 0 Å². The van der Waals surface area contributed by atoms with Crippen LogP contribution < -0.4 is 11.3 Å². The van der Waals surface area contributed by atoms with Crippen molar-refractivity contribution < 1.29 is 0 Å². The number of hydrogen-bond donors (Lipinski definition) is 2. The van der Waals surface area contributed by atoms with E-state index in [1.54, 1.807) is 11.8 Å². The lowest BCUT2D eigenvalue weighted by Gasteiger charge is -2.18. The van der Waals surface area contributed by atoms with Crippen molar-refractivity contribution in [1.82, 2.24) is 15.0 Å². The van der Waals surface area contributed by atoms with Crippen LogP contribution in [0.3, 0.4) is 0 Å². The zero-order valence-electron chi connectivity index (χ0n) is 11.3. The molecule has 4 nitrogen and oxygen atoms in total. The third-order valence-electron chi connectivity index (χ3n) is 3.09. The van der Waals surface area contributed by atoms with Gasteiger partial charge in [-0.1, -0.05) is 19.1 Å². The van der Waals surface area contributed by atoms with Gasteiger partial charge in [0.1, 0.15) is 11.9 Å². The van der Waals surface area contributed by atoms with E-state index in [2.05, 4.69) is 52.4 Å². The largest absolute Gasteiger partial charge is 0.333 e. The van der Waals surface area contributed by atoms with Crippen LogP contribution in [-0.2, 0) is 6.54 Å². The predicted octanol–water partition coefficient (Wildman–Crippen LogP) is 2.57. The van der Waals surface area contributed by atoms with Gasteiger partial charge in [0.05, 0.1) is 0 Å². The molecule has 1 aromatic heterocycles. The highest BCUT2D eigenvalue weighted by atomic mass is 32.2. The van der Waals surface area contributed by atoms with Gasteiger partial charge in [-0.25, -0.2) is 10.4 Å². The van der Waals surface area contributed by atoms with Gasteiger partial charge in [0.2, 0.25) is 0 Å². The molecule has 0 amide bonds. The average Bonchev–Trinajstić information content (AvgIpc) is 2.89. The van der Waals surface area contributed by atoms with Crippen molar-refractivity contribution in [3.05, 3.63) is 48.0 Å². The van der Waals surface area contributed by atoms with Gasteiger partial charge >= 0.3 is 0 Å². The number of hydrazine groups is 1. The van der Waals surface area contributed by atoms with Gasteiger partial charge in [-0.15, -0.1) is 11.8 Å². The first-order valence-corrected chi connectivity index (χ1v) is 7.63. The first-order valence-electron chi connectivity index (χ1n) is 6.41. The number of nitrogens with one attached hydrogen (secondary N) is 1. The van der Waals surface area contributed by atoms with E-state index in [1.165, 1.54) is 4.90 Å². The van der Waals surface area contributed by atoms with Crippen LogP contribution in [0, 0.1) is 0 Å². The van der Waals surface area contributed by atoms with Crippen molar-refractivity contribution in [3.63, 3.8) is 0 Å². The Balaban J connectivity index is 2.29. The molecule has 0 aliphatic rings. The summed E-state index contributed by atoms with van der Waals surface area (Å²) in [5.41, 5.74) is 4.00. The van der Waals surface area contributed by atoms with E-state index >= 15 is 0 Å². The molecular weight excluding hydrogens is 256 g/mol. The first kappa shape index (κ1) is 14.1. The highest BCUT2D eigenvalue weighted by molar-refractivity contribution is 7.98. The van der Waals surface area contributed by atoms with Gasteiger partial charge in [0, 0.05) is 23.8 Å². The Bertz CT molecular complexity index is 506. The normalized spacial score (nSPS) is 12.6. The Kier molecular flexibility index (Phi) is 5.01. The molecule has 0 aliphatic heterocycles. The van der Waals surface area contributed by atoms with Gasteiger partial charge in [-0.3, -0.25) is 5.84 Å². The van der Waals surface area contributed by atoms with Crippen molar-refractivity contribution in [3.8, 4) is 0 Å². The van der Waals surface area contributed by atoms with E-state index < -0.39 is 0 Å². The molecule has 0 fully saturated rings. The van der Waals surface area contributed by atoms with Crippen molar-refractivity contribution in [1.29, 1.82) is 0 Å². The lowest BCUT2D eigenvalue weighted by Crippen LogP contribution is -2.31. The van der Waals surface area contributed by atoms with Crippen LogP contribution in [0.4, 0.5) is 0 Å². The molecule has 102 valence electrons. The molecule has 0 saturated carbocycles. The maximum Gasteiger partial charge on any atom is 0.131 e. The number of thioether (sulfide) groups is 1. The second-order valence-electron chi connectivity index (χ2n) is 4.35. The molecule has 5 heteroatoms. The maximum absolute atomic E-state index is 5.72. The third-order valence-corrected chi connectivity index (χ3v) is 3.83. The molecular formula is C14H20N4S. The van der Waals surface area contributed by atoms with Gasteiger partial charge in [0.25, 0.3) is 0 Å². The van der Waals surface area contributed by atoms with Crippen LogP contribution in [0.1, 0.15) is 30.8 Å². The number of aromatic nitrogens is 2. The highest BCUT2D eigenvalue weighted by Crippen LogP contribution is 2.23. The molecule has 0 aliphatic carbocycles. The van der Waals surface area contributed by atoms with Crippen LogP contribution in [0.25, 0.3) is 0 Å². The quantitative estimate of drug-likeness (QED) is 0.484. The van der Waals surface area contributed by atoms with Gasteiger partial charge in [-0.05, 0) is 30.4 Å². The summed E-state index contributed by atoms with van der Waals surface area (Å²) in [4.78, 5) is 5.69. The van der Waals surface area contributed by atoms with E-state index in [9.17, 15) is 0 Å². The number of nitrogens with zero attached hydrogens (tertiary/aromatic N) is 2. The van der Waals surface area contributed by atoms with Crippen molar-refractivity contribution in [2.24, 2.45) is 5.84 Å².